The molecule has 11 heavy (non-hydrogen) atoms. The standard InChI is InChI=1S/C10H14N/c1-8-6-7-11-10(8)9-4-2-3-5-9/h6-7,9H,2-5H2,1H3. The topological polar surface area (TPSA) is 14.1 Å². The van der Waals surface area contributed by atoms with Crippen molar-refractivity contribution < 1.29 is 0 Å². The average molecular weight is 148 g/mol. The zero-order valence-corrected chi connectivity index (χ0v) is 7.01. The van der Waals surface area contributed by atoms with Crippen molar-refractivity contribution in [2.45, 2.75) is 32.6 Å². The molecule has 1 heteroatoms. The van der Waals surface area contributed by atoms with Crippen molar-refractivity contribution in [2.24, 2.45) is 5.92 Å². The summed E-state index contributed by atoms with van der Waals surface area (Å²) in [7, 11) is 0. The minimum Gasteiger partial charge on any atom is -0.261 e. The van der Waals surface area contributed by atoms with Gasteiger partial charge in [-0.25, -0.2) is 0 Å². The van der Waals surface area contributed by atoms with Crippen molar-refractivity contribution in [1.82, 2.24) is 5.32 Å². The number of hydrogen-bond acceptors (Lipinski definition) is 0. The second kappa shape index (κ2) is 2.72. The molecular formula is C10H14N. The monoisotopic (exact) mass is 148 g/mol. The van der Waals surface area contributed by atoms with E-state index in [4.69, 9.17) is 0 Å². The second-order valence-electron chi connectivity index (χ2n) is 3.49. The van der Waals surface area contributed by atoms with Crippen molar-refractivity contribution >= 4 is 0 Å². The molecule has 0 aromatic carbocycles. The lowest BCUT2D eigenvalue weighted by molar-refractivity contribution is 0.606. The van der Waals surface area contributed by atoms with Crippen molar-refractivity contribution in [1.29, 1.82) is 0 Å². The molecule has 1 heterocycles. The van der Waals surface area contributed by atoms with Gasteiger partial charge in [0.1, 0.15) is 0 Å². The number of hydrogen-bond donors (Lipinski definition) is 0. The van der Waals surface area contributed by atoms with Crippen LogP contribution in [0.1, 0.15) is 32.6 Å². The van der Waals surface area contributed by atoms with E-state index in [0.29, 0.717) is 0 Å². The number of allylic oxidation sites excluding steroid dienone is 3. The first-order valence-electron chi connectivity index (χ1n) is 4.46. The van der Waals surface area contributed by atoms with Gasteiger partial charge in [-0.1, -0.05) is 12.8 Å². The molecule has 0 spiro atoms. The first-order chi connectivity index (χ1) is 5.38. The van der Waals surface area contributed by atoms with E-state index in [1.165, 1.54) is 37.0 Å². The molecule has 2 aliphatic rings. The SMILES string of the molecule is CC1=C(C2CCCC2)[N]C=C1. The maximum atomic E-state index is 4.40. The summed E-state index contributed by atoms with van der Waals surface area (Å²) in [5.74, 6) is 0.782. The van der Waals surface area contributed by atoms with Crippen LogP contribution in [0.3, 0.4) is 0 Å². The van der Waals surface area contributed by atoms with Crippen molar-refractivity contribution in [2.75, 3.05) is 0 Å². The Balaban J connectivity index is 2.10. The quantitative estimate of drug-likeness (QED) is 0.542. The van der Waals surface area contributed by atoms with Gasteiger partial charge in [-0.05, 0) is 31.4 Å². The largest absolute Gasteiger partial charge is 0.261 e. The van der Waals surface area contributed by atoms with E-state index in [9.17, 15) is 0 Å². The number of rotatable bonds is 1. The van der Waals surface area contributed by atoms with Gasteiger partial charge >= 0.3 is 0 Å². The van der Waals surface area contributed by atoms with Crippen LogP contribution in [-0.2, 0) is 0 Å². The van der Waals surface area contributed by atoms with Gasteiger partial charge in [-0.3, -0.25) is 5.32 Å². The fraction of sp³-hybridized carbons (Fsp3) is 0.600. The van der Waals surface area contributed by atoms with Gasteiger partial charge in [0.2, 0.25) is 0 Å². The Hall–Kier alpha value is -0.720. The summed E-state index contributed by atoms with van der Waals surface area (Å²) in [5.41, 5.74) is 2.75. The Morgan fingerprint density at radius 1 is 1.36 bits per heavy atom. The zero-order valence-electron chi connectivity index (χ0n) is 7.01. The molecule has 1 nitrogen and oxygen atoms in total. The molecule has 2 rings (SSSR count). The van der Waals surface area contributed by atoms with Crippen LogP contribution in [0.2, 0.25) is 0 Å². The molecule has 1 saturated carbocycles. The lowest BCUT2D eigenvalue weighted by Gasteiger charge is -2.10. The summed E-state index contributed by atoms with van der Waals surface area (Å²) in [5, 5.41) is 4.40. The highest BCUT2D eigenvalue weighted by Gasteiger charge is 2.22. The van der Waals surface area contributed by atoms with E-state index >= 15 is 0 Å². The van der Waals surface area contributed by atoms with Crippen LogP contribution in [0.15, 0.2) is 23.5 Å². The summed E-state index contributed by atoms with van der Waals surface area (Å²) >= 11 is 0. The van der Waals surface area contributed by atoms with Crippen molar-refractivity contribution in [3.8, 4) is 0 Å². The lowest BCUT2D eigenvalue weighted by Crippen LogP contribution is -2.05. The molecule has 0 atom stereocenters. The van der Waals surface area contributed by atoms with Gasteiger partial charge in [0.05, 0.1) is 0 Å². The summed E-state index contributed by atoms with van der Waals surface area (Å²) in [4.78, 5) is 0. The normalized spacial score (nSPS) is 24.8. The summed E-state index contributed by atoms with van der Waals surface area (Å²) in [6.07, 6.45) is 9.57. The van der Waals surface area contributed by atoms with E-state index in [1.807, 2.05) is 6.20 Å². The molecule has 0 saturated heterocycles. The van der Waals surface area contributed by atoms with Crippen LogP contribution < -0.4 is 5.32 Å². The van der Waals surface area contributed by atoms with Crippen LogP contribution >= 0.6 is 0 Å². The van der Waals surface area contributed by atoms with Gasteiger partial charge in [0.15, 0.2) is 0 Å². The molecule has 0 aromatic rings. The van der Waals surface area contributed by atoms with Gasteiger partial charge in [0.25, 0.3) is 0 Å². The van der Waals surface area contributed by atoms with E-state index in [1.54, 1.807) is 0 Å². The fourth-order valence-corrected chi connectivity index (χ4v) is 2.04. The molecule has 0 bridgehead atoms. The summed E-state index contributed by atoms with van der Waals surface area (Å²) in [6.45, 7) is 2.17. The highest BCUT2D eigenvalue weighted by Crippen LogP contribution is 2.33. The summed E-state index contributed by atoms with van der Waals surface area (Å²) in [6, 6.07) is 0. The minimum atomic E-state index is 0.782. The molecule has 1 fully saturated rings. The molecule has 1 aliphatic carbocycles. The molecular weight excluding hydrogens is 134 g/mol. The molecule has 59 valence electrons. The Bertz CT molecular complexity index is 207. The molecule has 0 aromatic heterocycles. The third-order valence-corrected chi connectivity index (χ3v) is 2.68. The van der Waals surface area contributed by atoms with Crippen LogP contribution in [0.25, 0.3) is 0 Å². The first-order valence-corrected chi connectivity index (χ1v) is 4.46. The van der Waals surface area contributed by atoms with Crippen LogP contribution in [0, 0.1) is 5.92 Å². The van der Waals surface area contributed by atoms with Gasteiger partial charge in [-0.2, -0.15) is 0 Å². The second-order valence-corrected chi connectivity index (χ2v) is 3.49. The molecule has 0 unspecified atom stereocenters. The van der Waals surface area contributed by atoms with Crippen molar-refractivity contribution in [3.05, 3.63) is 23.5 Å². The van der Waals surface area contributed by atoms with Gasteiger partial charge in [-0.15, -0.1) is 0 Å². The van der Waals surface area contributed by atoms with Gasteiger partial charge in [0, 0.05) is 17.8 Å². The highest BCUT2D eigenvalue weighted by atomic mass is 14.9. The van der Waals surface area contributed by atoms with E-state index in [2.05, 4.69) is 18.3 Å². The van der Waals surface area contributed by atoms with Crippen LogP contribution in [0.4, 0.5) is 0 Å². The minimum absolute atomic E-state index is 0.782. The van der Waals surface area contributed by atoms with E-state index < -0.39 is 0 Å². The predicted molar refractivity (Wildman–Crippen MR) is 45.9 cm³/mol. The van der Waals surface area contributed by atoms with E-state index in [0.717, 1.165) is 5.92 Å². The number of nitrogens with zero attached hydrogens (tertiary/aromatic N) is 1. The maximum absolute atomic E-state index is 4.40. The molecule has 1 aliphatic heterocycles. The smallest absolute Gasteiger partial charge is 0.0464 e. The predicted octanol–water partition coefficient (Wildman–Crippen LogP) is 2.58. The lowest BCUT2D eigenvalue weighted by atomic mass is 10.0. The van der Waals surface area contributed by atoms with Gasteiger partial charge < -0.3 is 0 Å². The Morgan fingerprint density at radius 2 is 2.09 bits per heavy atom. The Morgan fingerprint density at radius 3 is 2.64 bits per heavy atom. The Kier molecular flexibility index (Phi) is 1.72. The van der Waals surface area contributed by atoms with Crippen molar-refractivity contribution in [3.63, 3.8) is 0 Å². The van der Waals surface area contributed by atoms with Crippen LogP contribution in [0.5, 0.6) is 0 Å². The maximum Gasteiger partial charge on any atom is 0.0464 e. The van der Waals surface area contributed by atoms with E-state index in [-0.39, 0.29) is 0 Å². The third kappa shape index (κ3) is 1.20. The Labute approximate surface area is 68.2 Å². The molecule has 0 amide bonds. The summed E-state index contributed by atoms with van der Waals surface area (Å²) < 4.78 is 0. The average Bonchev–Trinajstić information content (AvgIpc) is 2.55. The van der Waals surface area contributed by atoms with Crippen LogP contribution in [-0.4, -0.2) is 0 Å². The third-order valence-electron chi connectivity index (χ3n) is 2.68. The zero-order chi connectivity index (χ0) is 7.68. The molecule has 1 radical (unpaired) electrons. The fourth-order valence-electron chi connectivity index (χ4n) is 2.04. The highest BCUT2D eigenvalue weighted by molar-refractivity contribution is 5.31. The first kappa shape index (κ1) is 6.96. The molecule has 0 N–H and O–H groups in total.